The second kappa shape index (κ2) is 5.59. The van der Waals surface area contributed by atoms with Crippen LogP contribution in [0.15, 0.2) is 17.2 Å². The number of carbonyl (C=O) groups excluding carboxylic acids is 1. The van der Waals surface area contributed by atoms with E-state index in [0.29, 0.717) is 5.56 Å². The number of nitrogens with one attached hydrogen (secondary N) is 1. The first kappa shape index (κ1) is 12.6. The lowest BCUT2D eigenvalue weighted by atomic mass is 10.2. The third-order valence-electron chi connectivity index (χ3n) is 1.85. The predicted molar refractivity (Wildman–Crippen MR) is 59.5 cm³/mol. The van der Waals surface area contributed by atoms with Crippen LogP contribution in [0, 0.1) is 0 Å². The fourth-order valence-electron chi connectivity index (χ4n) is 1.05. The Balaban J connectivity index is 2.85. The maximum absolute atomic E-state index is 10.7. The van der Waals surface area contributed by atoms with Crippen molar-refractivity contribution in [3.63, 3.8) is 0 Å². The van der Waals surface area contributed by atoms with Crippen LogP contribution in [0.4, 0.5) is 4.79 Å². The fourth-order valence-corrected chi connectivity index (χ4v) is 1.05. The number of ether oxygens (including phenoxy) is 2. The molecular weight excluding hydrogens is 228 g/mol. The minimum absolute atomic E-state index is 0.101. The van der Waals surface area contributed by atoms with E-state index < -0.39 is 6.09 Å². The lowest BCUT2D eigenvalue weighted by molar-refractivity contribution is 0.171. The van der Waals surface area contributed by atoms with Crippen LogP contribution in [0.2, 0.25) is 0 Å². The standard InChI is InChI=1S/C10H12N2O5/c1-16-8-4-6(3-7(13)9(8)14)5-11-12-10(15)17-2/h3-5,13-14H,1-2H3,(H,12,15)/b11-5+. The summed E-state index contributed by atoms with van der Waals surface area (Å²) in [6, 6.07) is 2.71. The van der Waals surface area contributed by atoms with E-state index in [1.807, 2.05) is 0 Å². The number of benzene rings is 1. The molecule has 7 heteroatoms. The Morgan fingerprint density at radius 3 is 2.71 bits per heavy atom. The average molecular weight is 240 g/mol. The summed E-state index contributed by atoms with van der Waals surface area (Å²) in [4.78, 5) is 10.7. The molecule has 0 aromatic heterocycles. The highest BCUT2D eigenvalue weighted by molar-refractivity contribution is 5.83. The Morgan fingerprint density at radius 1 is 1.41 bits per heavy atom. The second-order valence-corrected chi connectivity index (χ2v) is 2.95. The monoisotopic (exact) mass is 240 g/mol. The van der Waals surface area contributed by atoms with Crippen LogP contribution < -0.4 is 10.2 Å². The van der Waals surface area contributed by atoms with Crippen LogP contribution in [0.25, 0.3) is 0 Å². The molecule has 1 aromatic carbocycles. The van der Waals surface area contributed by atoms with Gasteiger partial charge in [0.25, 0.3) is 0 Å². The van der Waals surface area contributed by atoms with E-state index in [-0.39, 0.29) is 17.2 Å². The first-order chi connectivity index (χ1) is 8.08. The molecule has 0 saturated heterocycles. The van der Waals surface area contributed by atoms with Gasteiger partial charge in [-0.05, 0) is 12.1 Å². The molecule has 0 spiro atoms. The Labute approximate surface area is 97.3 Å². The molecule has 0 bridgehead atoms. The smallest absolute Gasteiger partial charge is 0.427 e. The molecule has 0 atom stereocenters. The van der Waals surface area contributed by atoms with Gasteiger partial charge in [-0.3, -0.25) is 0 Å². The largest absolute Gasteiger partial charge is 0.504 e. The summed E-state index contributed by atoms with van der Waals surface area (Å²) >= 11 is 0. The van der Waals surface area contributed by atoms with Gasteiger partial charge >= 0.3 is 6.09 Å². The van der Waals surface area contributed by atoms with Crippen LogP contribution in [-0.2, 0) is 4.74 Å². The first-order valence-electron chi connectivity index (χ1n) is 4.55. The van der Waals surface area contributed by atoms with Gasteiger partial charge in [0.2, 0.25) is 5.75 Å². The van der Waals surface area contributed by atoms with Crippen LogP contribution in [0.1, 0.15) is 5.56 Å². The Morgan fingerprint density at radius 2 is 2.12 bits per heavy atom. The molecule has 0 aliphatic carbocycles. The topological polar surface area (TPSA) is 100 Å². The zero-order valence-corrected chi connectivity index (χ0v) is 9.30. The van der Waals surface area contributed by atoms with E-state index in [1.54, 1.807) is 0 Å². The number of nitrogens with zero attached hydrogens (tertiary/aromatic N) is 1. The number of aromatic hydroxyl groups is 2. The number of carbonyl (C=O) groups is 1. The van der Waals surface area contributed by atoms with Gasteiger partial charge in [0.15, 0.2) is 11.5 Å². The normalized spacial score (nSPS) is 10.2. The lowest BCUT2D eigenvalue weighted by Crippen LogP contribution is -2.16. The van der Waals surface area contributed by atoms with Gasteiger partial charge < -0.3 is 19.7 Å². The SMILES string of the molecule is COC(=O)N/N=C/c1cc(O)c(O)c(OC)c1. The molecule has 0 radical (unpaired) electrons. The second-order valence-electron chi connectivity index (χ2n) is 2.95. The Kier molecular flexibility index (Phi) is 4.15. The van der Waals surface area contributed by atoms with Gasteiger partial charge in [0.05, 0.1) is 20.4 Å². The molecule has 1 amide bonds. The Bertz CT molecular complexity index is 445. The van der Waals surface area contributed by atoms with Gasteiger partial charge in [0, 0.05) is 5.56 Å². The van der Waals surface area contributed by atoms with Crippen molar-refractivity contribution in [1.82, 2.24) is 5.43 Å². The molecule has 1 aromatic rings. The van der Waals surface area contributed by atoms with Crippen LogP contribution in [-0.4, -0.2) is 36.7 Å². The van der Waals surface area contributed by atoms with Crippen molar-refractivity contribution in [3.8, 4) is 17.2 Å². The summed E-state index contributed by atoms with van der Waals surface area (Å²) in [5.41, 5.74) is 2.51. The zero-order chi connectivity index (χ0) is 12.8. The highest BCUT2D eigenvalue weighted by atomic mass is 16.5. The van der Waals surface area contributed by atoms with Crippen molar-refractivity contribution in [1.29, 1.82) is 0 Å². The van der Waals surface area contributed by atoms with Gasteiger partial charge in [-0.25, -0.2) is 10.2 Å². The molecule has 0 heterocycles. The van der Waals surface area contributed by atoms with Gasteiger partial charge in [0.1, 0.15) is 0 Å². The van der Waals surface area contributed by atoms with E-state index in [2.05, 4.69) is 15.3 Å². The van der Waals surface area contributed by atoms with Crippen molar-refractivity contribution >= 4 is 12.3 Å². The van der Waals surface area contributed by atoms with Crippen molar-refractivity contribution in [2.45, 2.75) is 0 Å². The van der Waals surface area contributed by atoms with Gasteiger partial charge in [-0.2, -0.15) is 5.10 Å². The minimum Gasteiger partial charge on any atom is -0.504 e. The predicted octanol–water partition coefficient (Wildman–Crippen LogP) is 0.796. The molecule has 0 saturated carbocycles. The number of hydrazone groups is 1. The highest BCUT2D eigenvalue weighted by Crippen LogP contribution is 2.35. The highest BCUT2D eigenvalue weighted by Gasteiger charge is 2.08. The maximum Gasteiger partial charge on any atom is 0.427 e. The van der Waals surface area contributed by atoms with E-state index >= 15 is 0 Å². The van der Waals surface area contributed by atoms with E-state index in [0.717, 1.165) is 0 Å². The summed E-state index contributed by atoms with van der Waals surface area (Å²) in [6.07, 6.45) is 0.551. The maximum atomic E-state index is 10.7. The number of amides is 1. The van der Waals surface area contributed by atoms with Crippen LogP contribution >= 0.6 is 0 Å². The number of hydrogen-bond acceptors (Lipinski definition) is 6. The molecule has 92 valence electrons. The van der Waals surface area contributed by atoms with Crippen molar-refractivity contribution in [2.75, 3.05) is 14.2 Å². The first-order valence-corrected chi connectivity index (χ1v) is 4.55. The van der Waals surface area contributed by atoms with Crippen molar-refractivity contribution < 1.29 is 24.5 Å². The summed E-state index contributed by atoms with van der Waals surface area (Å²) in [6.45, 7) is 0. The third kappa shape index (κ3) is 3.26. The summed E-state index contributed by atoms with van der Waals surface area (Å²) in [5, 5.41) is 22.3. The molecule has 0 aliphatic heterocycles. The molecule has 17 heavy (non-hydrogen) atoms. The fraction of sp³-hybridized carbons (Fsp3) is 0.200. The number of phenolic OH excluding ortho intramolecular Hbond substituents is 2. The molecule has 1 rings (SSSR count). The minimum atomic E-state index is -0.712. The summed E-state index contributed by atoms with van der Waals surface area (Å²) < 4.78 is 9.13. The number of hydrogen-bond donors (Lipinski definition) is 3. The van der Waals surface area contributed by atoms with E-state index in [4.69, 9.17) is 4.74 Å². The Hall–Kier alpha value is -2.44. The van der Waals surface area contributed by atoms with E-state index in [9.17, 15) is 15.0 Å². The molecule has 7 nitrogen and oxygen atoms in total. The van der Waals surface area contributed by atoms with E-state index in [1.165, 1.54) is 32.6 Å². The number of methoxy groups -OCH3 is 2. The third-order valence-corrected chi connectivity index (χ3v) is 1.85. The molecule has 0 unspecified atom stereocenters. The van der Waals surface area contributed by atoms with Crippen molar-refractivity contribution in [3.05, 3.63) is 17.7 Å². The molecule has 0 fully saturated rings. The number of rotatable bonds is 3. The molecule has 3 N–H and O–H groups in total. The van der Waals surface area contributed by atoms with Gasteiger partial charge in [-0.15, -0.1) is 0 Å². The zero-order valence-electron chi connectivity index (χ0n) is 9.30. The number of phenols is 2. The molecule has 0 aliphatic rings. The van der Waals surface area contributed by atoms with Crippen LogP contribution in [0.3, 0.4) is 0 Å². The lowest BCUT2D eigenvalue weighted by Gasteiger charge is -2.05. The molecular formula is C10H12N2O5. The quantitative estimate of drug-likeness (QED) is 0.412. The summed E-state index contributed by atoms with van der Waals surface area (Å²) in [7, 11) is 2.56. The van der Waals surface area contributed by atoms with Crippen LogP contribution in [0.5, 0.6) is 17.2 Å². The summed E-state index contributed by atoms with van der Waals surface area (Å²) in [5.74, 6) is -0.598. The van der Waals surface area contributed by atoms with Gasteiger partial charge in [-0.1, -0.05) is 0 Å². The average Bonchev–Trinajstić information content (AvgIpc) is 2.33. The van der Waals surface area contributed by atoms with Crippen molar-refractivity contribution in [2.24, 2.45) is 5.10 Å².